The summed E-state index contributed by atoms with van der Waals surface area (Å²) in [6, 6.07) is 13.6. The number of hydrogen-bond donors (Lipinski definition) is 0. The molecule has 4 rings (SSSR count). The van der Waals surface area contributed by atoms with Crippen molar-refractivity contribution >= 4 is 11.8 Å². The fourth-order valence-electron chi connectivity index (χ4n) is 4.57. The summed E-state index contributed by atoms with van der Waals surface area (Å²) in [7, 11) is 0. The summed E-state index contributed by atoms with van der Waals surface area (Å²) < 4.78 is 5.94. The number of likely N-dealkylation sites (tertiary alicyclic amines) is 2. The van der Waals surface area contributed by atoms with Crippen LogP contribution in [-0.4, -0.2) is 59.4 Å². The van der Waals surface area contributed by atoms with E-state index in [-0.39, 0.29) is 11.8 Å². The number of aromatic nitrogens is 1. The molecule has 1 aromatic heterocycles. The lowest BCUT2D eigenvalue weighted by Gasteiger charge is -2.33. The van der Waals surface area contributed by atoms with E-state index in [9.17, 15) is 9.59 Å². The summed E-state index contributed by atoms with van der Waals surface area (Å²) in [5.74, 6) is 1.23. The van der Waals surface area contributed by atoms with Crippen LogP contribution in [-0.2, 0) is 11.2 Å². The lowest BCUT2D eigenvalue weighted by Crippen LogP contribution is -2.40. The Kier molecular flexibility index (Phi) is 6.85. The highest BCUT2D eigenvalue weighted by atomic mass is 16.5. The van der Waals surface area contributed by atoms with Gasteiger partial charge in [-0.2, -0.15) is 0 Å². The average molecular weight is 422 g/mol. The second-order valence-electron chi connectivity index (χ2n) is 8.56. The molecule has 2 aliphatic rings. The van der Waals surface area contributed by atoms with Crippen LogP contribution in [0.3, 0.4) is 0 Å². The van der Waals surface area contributed by atoms with E-state index in [0.717, 1.165) is 56.7 Å². The van der Waals surface area contributed by atoms with Gasteiger partial charge in [0.15, 0.2) is 0 Å². The van der Waals surface area contributed by atoms with Crippen LogP contribution in [0.1, 0.15) is 47.4 Å². The number of rotatable bonds is 7. The average Bonchev–Trinajstić information content (AvgIpc) is 3.18. The van der Waals surface area contributed by atoms with Crippen LogP contribution >= 0.6 is 0 Å². The molecule has 3 heterocycles. The van der Waals surface area contributed by atoms with E-state index in [1.54, 1.807) is 0 Å². The second kappa shape index (κ2) is 9.94. The molecular formula is C25H31N3O3. The lowest BCUT2D eigenvalue weighted by molar-refractivity contribution is -0.128. The van der Waals surface area contributed by atoms with Gasteiger partial charge in [-0.15, -0.1) is 0 Å². The van der Waals surface area contributed by atoms with Crippen molar-refractivity contribution in [1.29, 1.82) is 0 Å². The normalized spacial score (nSPS) is 19.0. The zero-order chi connectivity index (χ0) is 21.6. The molecule has 164 valence electrons. The van der Waals surface area contributed by atoms with Gasteiger partial charge < -0.3 is 14.5 Å². The minimum Gasteiger partial charge on any atom is -0.491 e. The first-order chi connectivity index (χ1) is 15.1. The second-order valence-corrected chi connectivity index (χ2v) is 8.56. The van der Waals surface area contributed by atoms with Crippen LogP contribution in [0, 0.1) is 12.8 Å². The van der Waals surface area contributed by atoms with Crippen LogP contribution in [0.25, 0.3) is 0 Å². The van der Waals surface area contributed by atoms with Crippen LogP contribution in [0.15, 0.2) is 42.5 Å². The fourth-order valence-corrected chi connectivity index (χ4v) is 4.57. The smallest absolute Gasteiger partial charge is 0.257 e. The van der Waals surface area contributed by atoms with Crippen molar-refractivity contribution in [3.8, 4) is 5.75 Å². The maximum Gasteiger partial charge on any atom is 0.257 e. The minimum absolute atomic E-state index is 0.0229. The monoisotopic (exact) mass is 421 g/mol. The molecule has 6 nitrogen and oxygen atoms in total. The van der Waals surface area contributed by atoms with Gasteiger partial charge >= 0.3 is 0 Å². The van der Waals surface area contributed by atoms with E-state index in [1.165, 1.54) is 0 Å². The van der Waals surface area contributed by atoms with Crippen LogP contribution in [0.5, 0.6) is 5.75 Å². The zero-order valence-corrected chi connectivity index (χ0v) is 18.3. The maximum absolute atomic E-state index is 13.3. The highest BCUT2D eigenvalue weighted by molar-refractivity contribution is 5.97. The summed E-state index contributed by atoms with van der Waals surface area (Å²) in [5.41, 5.74) is 2.73. The van der Waals surface area contributed by atoms with Crippen LogP contribution in [0.4, 0.5) is 0 Å². The highest BCUT2D eigenvalue weighted by Gasteiger charge is 2.27. The minimum atomic E-state index is 0.0229. The number of ether oxygens (including phenoxy) is 1. The summed E-state index contributed by atoms with van der Waals surface area (Å²) in [6.45, 7) is 5.29. The Balaban J connectivity index is 1.37. The number of piperidine rings is 1. The quantitative estimate of drug-likeness (QED) is 0.687. The number of pyridine rings is 1. The van der Waals surface area contributed by atoms with Gasteiger partial charge in [0.2, 0.25) is 5.91 Å². The first-order valence-corrected chi connectivity index (χ1v) is 11.3. The SMILES string of the molecule is Cc1cccc(C[C@@H]2CCCN(C(=O)c3ccccc3OCCN3CCCC3=O)C2)n1. The number of nitrogens with zero attached hydrogens (tertiary/aromatic N) is 3. The van der Waals surface area contributed by atoms with Gasteiger partial charge in [0.05, 0.1) is 12.1 Å². The molecule has 2 saturated heterocycles. The van der Waals surface area contributed by atoms with Crippen molar-refractivity contribution in [1.82, 2.24) is 14.8 Å². The van der Waals surface area contributed by atoms with Crippen molar-refractivity contribution in [2.24, 2.45) is 5.92 Å². The third kappa shape index (κ3) is 5.43. The molecule has 0 N–H and O–H groups in total. The van der Waals surface area contributed by atoms with E-state index in [0.29, 0.717) is 36.8 Å². The van der Waals surface area contributed by atoms with Gasteiger partial charge in [-0.1, -0.05) is 18.2 Å². The lowest BCUT2D eigenvalue weighted by atomic mass is 9.92. The number of para-hydroxylation sites is 1. The Morgan fingerprint density at radius 1 is 1.13 bits per heavy atom. The zero-order valence-electron chi connectivity index (χ0n) is 18.3. The van der Waals surface area contributed by atoms with Gasteiger partial charge in [-0.25, -0.2) is 0 Å². The molecule has 1 aromatic carbocycles. The van der Waals surface area contributed by atoms with Crippen molar-refractivity contribution in [2.45, 2.75) is 39.0 Å². The van der Waals surface area contributed by atoms with Crippen LogP contribution < -0.4 is 4.74 Å². The fraction of sp³-hybridized carbons (Fsp3) is 0.480. The Morgan fingerprint density at radius 3 is 2.81 bits per heavy atom. The van der Waals surface area contributed by atoms with Gasteiger partial charge in [0.25, 0.3) is 5.91 Å². The molecule has 0 unspecified atom stereocenters. The summed E-state index contributed by atoms with van der Waals surface area (Å²) in [6.07, 6.45) is 4.56. The molecule has 2 amide bonds. The number of benzene rings is 1. The number of aryl methyl sites for hydroxylation is 1. The van der Waals surface area contributed by atoms with Crippen molar-refractivity contribution in [3.63, 3.8) is 0 Å². The third-order valence-corrected chi connectivity index (χ3v) is 6.16. The standard InChI is InChI=1S/C25H31N3O3/c1-19-7-4-9-21(26-19)17-20-8-5-14-28(18-20)25(30)22-10-2-3-11-23(22)31-16-15-27-13-6-12-24(27)29/h2-4,7,9-11,20H,5-6,8,12-18H2,1H3/t20-/m0/s1. The molecule has 0 aliphatic carbocycles. The Labute approximate surface area is 184 Å². The summed E-state index contributed by atoms with van der Waals surface area (Å²) >= 11 is 0. The molecule has 0 radical (unpaired) electrons. The van der Waals surface area contributed by atoms with E-state index < -0.39 is 0 Å². The summed E-state index contributed by atoms with van der Waals surface area (Å²) in [5, 5.41) is 0. The predicted molar refractivity (Wildman–Crippen MR) is 119 cm³/mol. The van der Waals surface area contributed by atoms with Gasteiger partial charge in [-0.3, -0.25) is 14.6 Å². The van der Waals surface area contributed by atoms with E-state index in [4.69, 9.17) is 4.74 Å². The molecule has 0 saturated carbocycles. The largest absolute Gasteiger partial charge is 0.491 e. The topological polar surface area (TPSA) is 62.7 Å². The molecule has 6 heteroatoms. The first kappa shape index (κ1) is 21.3. The predicted octanol–water partition coefficient (Wildman–Crippen LogP) is 3.49. The third-order valence-electron chi connectivity index (χ3n) is 6.16. The number of carbonyl (C=O) groups excluding carboxylic acids is 2. The molecule has 31 heavy (non-hydrogen) atoms. The van der Waals surface area contributed by atoms with Crippen LogP contribution in [0.2, 0.25) is 0 Å². The highest BCUT2D eigenvalue weighted by Crippen LogP contribution is 2.25. The Bertz CT molecular complexity index is 930. The van der Waals surface area contributed by atoms with Crippen molar-refractivity contribution in [2.75, 3.05) is 32.8 Å². The van der Waals surface area contributed by atoms with E-state index in [2.05, 4.69) is 11.1 Å². The molecular weight excluding hydrogens is 390 g/mol. The van der Waals surface area contributed by atoms with E-state index >= 15 is 0 Å². The summed E-state index contributed by atoms with van der Waals surface area (Å²) in [4.78, 5) is 33.5. The van der Waals surface area contributed by atoms with Gasteiger partial charge in [0, 0.05) is 37.4 Å². The molecule has 2 aliphatic heterocycles. The first-order valence-electron chi connectivity index (χ1n) is 11.3. The van der Waals surface area contributed by atoms with Gasteiger partial charge in [-0.05, 0) is 62.8 Å². The van der Waals surface area contributed by atoms with Gasteiger partial charge in [0.1, 0.15) is 12.4 Å². The number of hydrogen-bond acceptors (Lipinski definition) is 4. The van der Waals surface area contributed by atoms with E-state index in [1.807, 2.05) is 53.1 Å². The molecule has 1 atom stereocenters. The van der Waals surface area contributed by atoms with Crippen molar-refractivity contribution < 1.29 is 14.3 Å². The Hall–Kier alpha value is -2.89. The Morgan fingerprint density at radius 2 is 2.00 bits per heavy atom. The molecule has 0 bridgehead atoms. The number of amides is 2. The number of carbonyl (C=O) groups is 2. The van der Waals surface area contributed by atoms with Crippen molar-refractivity contribution in [3.05, 3.63) is 59.4 Å². The molecule has 2 aromatic rings. The molecule has 2 fully saturated rings. The molecule has 0 spiro atoms. The maximum atomic E-state index is 13.3.